The van der Waals surface area contributed by atoms with Crippen molar-refractivity contribution in [3.63, 3.8) is 0 Å². The summed E-state index contributed by atoms with van der Waals surface area (Å²) in [7, 11) is 0. The first-order valence-corrected chi connectivity index (χ1v) is 11.5. The van der Waals surface area contributed by atoms with Gasteiger partial charge in [0, 0.05) is 33.6 Å². The van der Waals surface area contributed by atoms with Gasteiger partial charge in [0.25, 0.3) is 0 Å². The van der Waals surface area contributed by atoms with Crippen LogP contribution in [0.5, 0.6) is 11.5 Å². The molecule has 1 aliphatic rings. The Kier molecular flexibility index (Phi) is 6.19. The molecule has 4 aromatic rings. The molecular weight excluding hydrogens is 491 g/mol. The lowest BCUT2D eigenvalue weighted by Gasteiger charge is -2.20. The average molecular weight is 509 g/mol. The number of ether oxygens (including phenoxy) is 2. The topological polar surface area (TPSA) is 86.6 Å². The lowest BCUT2D eigenvalue weighted by Crippen LogP contribution is -2.25. The van der Waals surface area contributed by atoms with Gasteiger partial charge in [-0.25, -0.2) is 0 Å². The number of ketones is 1. The summed E-state index contributed by atoms with van der Waals surface area (Å²) in [6.45, 7) is 0.562. The fourth-order valence-electron chi connectivity index (χ4n) is 3.86. The van der Waals surface area contributed by atoms with E-state index in [0.717, 1.165) is 0 Å². The molecule has 1 aliphatic heterocycles. The summed E-state index contributed by atoms with van der Waals surface area (Å²) in [6.07, 6.45) is 1.40. The number of hydrogen-bond donors (Lipinski definition) is 1. The van der Waals surface area contributed by atoms with Crippen LogP contribution in [0.25, 0.3) is 10.9 Å². The van der Waals surface area contributed by atoms with Gasteiger partial charge in [-0.3, -0.25) is 14.4 Å². The molecule has 0 aliphatic carbocycles. The molecule has 35 heavy (non-hydrogen) atoms. The number of fused-ring (bicyclic) bond motifs is 2. The van der Waals surface area contributed by atoms with Crippen LogP contribution in [0.1, 0.15) is 15.9 Å². The number of pyridine rings is 1. The van der Waals surface area contributed by atoms with E-state index < -0.39 is 11.2 Å². The maximum atomic E-state index is 13.4. The van der Waals surface area contributed by atoms with Crippen molar-refractivity contribution in [1.82, 2.24) is 4.57 Å². The number of nitrogens with one attached hydrogen (secondary N) is 1. The van der Waals surface area contributed by atoms with Gasteiger partial charge in [0.05, 0.1) is 16.5 Å². The molecular formula is C26H18Cl2N2O5. The van der Waals surface area contributed by atoms with E-state index in [2.05, 4.69) is 5.32 Å². The van der Waals surface area contributed by atoms with E-state index in [1.807, 2.05) is 0 Å². The Morgan fingerprint density at radius 1 is 0.886 bits per heavy atom. The van der Waals surface area contributed by atoms with Crippen LogP contribution in [0, 0.1) is 0 Å². The Balaban J connectivity index is 1.59. The normalized spacial score (nSPS) is 12.4. The van der Waals surface area contributed by atoms with Crippen LogP contribution in [0.15, 0.2) is 71.7 Å². The highest BCUT2D eigenvalue weighted by atomic mass is 35.5. The largest absolute Gasteiger partial charge is 0.486 e. The molecule has 0 saturated heterocycles. The zero-order valence-electron chi connectivity index (χ0n) is 18.2. The molecule has 0 atom stereocenters. The second-order valence-electron chi connectivity index (χ2n) is 7.90. The van der Waals surface area contributed by atoms with Crippen molar-refractivity contribution < 1.29 is 19.1 Å². The van der Waals surface area contributed by atoms with Gasteiger partial charge >= 0.3 is 0 Å². The smallest absolute Gasteiger partial charge is 0.244 e. The predicted molar refractivity (Wildman–Crippen MR) is 134 cm³/mol. The van der Waals surface area contributed by atoms with E-state index in [9.17, 15) is 14.4 Å². The van der Waals surface area contributed by atoms with Crippen molar-refractivity contribution in [3.8, 4) is 11.5 Å². The summed E-state index contributed by atoms with van der Waals surface area (Å²) in [6, 6.07) is 16.2. The second kappa shape index (κ2) is 9.44. The molecule has 5 rings (SSSR count). The first kappa shape index (κ1) is 23.0. The van der Waals surface area contributed by atoms with Gasteiger partial charge in [0.15, 0.2) is 17.3 Å². The van der Waals surface area contributed by atoms with E-state index in [1.54, 1.807) is 65.2 Å². The first-order valence-electron chi connectivity index (χ1n) is 10.7. The molecule has 3 aromatic carbocycles. The maximum Gasteiger partial charge on any atom is 0.244 e. The minimum Gasteiger partial charge on any atom is -0.486 e. The monoisotopic (exact) mass is 508 g/mol. The fourth-order valence-corrected chi connectivity index (χ4v) is 4.12. The summed E-state index contributed by atoms with van der Waals surface area (Å²) in [4.78, 5) is 39.5. The minimum absolute atomic E-state index is 0.0733. The van der Waals surface area contributed by atoms with Gasteiger partial charge < -0.3 is 19.4 Å². The number of carbonyl (C=O) groups is 2. The molecule has 0 fully saturated rings. The molecule has 1 N–H and O–H groups in total. The Bertz CT molecular complexity index is 1510. The number of anilines is 1. The van der Waals surface area contributed by atoms with Crippen molar-refractivity contribution >= 4 is 51.5 Å². The lowest BCUT2D eigenvalue weighted by atomic mass is 10.0. The second-order valence-corrected chi connectivity index (χ2v) is 8.78. The van der Waals surface area contributed by atoms with Crippen LogP contribution in [-0.2, 0) is 11.3 Å². The number of nitrogens with zero attached hydrogens (tertiary/aromatic N) is 1. The zero-order chi connectivity index (χ0) is 24.5. The zero-order valence-corrected chi connectivity index (χ0v) is 19.7. The van der Waals surface area contributed by atoms with E-state index in [4.69, 9.17) is 32.7 Å². The third-order valence-corrected chi connectivity index (χ3v) is 6.04. The Morgan fingerprint density at radius 2 is 1.49 bits per heavy atom. The maximum absolute atomic E-state index is 13.4. The lowest BCUT2D eigenvalue weighted by molar-refractivity contribution is -0.116. The number of aromatic nitrogens is 1. The quantitative estimate of drug-likeness (QED) is 0.385. The molecule has 7 nitrogen and oxygen atoms in total. The molecule has 0 unspecified atom stereocenters. The van der Waals surface area contributed by atoms with E-state index in [-0.39, 0.29) is 23.4 Å². The van der Waals surface area contributed by atoms with Gasteiger partial charge in [-0.05, 0) is 54.6 Å². The van der Waals surface area contributed by atoms with Crippen LogP contribution in [0.2, 0.25) is 10.0 Å². The van der Waals surface area contributed by atoms with Crippen molar-refractivity contribution in [1.29, 1.82) is 0 Å². The molecule has 2 heterocycles. The molecule has 0 radical (unpaired) electrons. The van der Waals surface area contributed by atoms with Gasteiger partial charge in [0.2, 0.25) is 11.3 Å². The molecule has 0 saturated carbocycles. The van der Waals surface area contributed by atoms with Crippen LogP contribution >= 0.6 is 23.2 Å². The van der Waals surface area contributed by atoms with Crippen LogP contribution in [0.3, 0.4) is 0 Å². The van der Waals surface area contributed by atoms with Gasteiger partial charge in [0.1, 0.15) is 19.8 Å². The third kappa shape index (κ3) is 4.73. The fraction of sp³-hybridized carbons (Fsp3) is 0.115. The highest BCUT2D eigenvalue weighted by Gasteiger charge is 2.22. The van der Waals surface area contributed by atoms with Crippen molar-refractivity contribution in [2.45, 2.75) is 6.54 Å². The molecule has 9 heteroatoms. The van der Waals surface area contributed by atoms with Crippen molar-refractivity contribution in [2.75, 3.05) is 18.5 Å². The van der Waals surface area contributed by atoms with Gasteiger partial charge in [-0.15, -0.1) is 0 Å². The number of hydrogen-bond acceptors (Lipinski definition) is 5. The summed E-state index contributed by atoms with van der Waals surface area (Å²) >= 11 is 11.9. The summed E-state index contributed by atoms with van der Waals surface area (Å²) in [5.74, 6) is 0.0493. The Hall–Kier alpha value is -3.81. The minimum atomic E-state index is -0.477. The van der Waals surface area contributed by atoms with Crippen LogP contribution < -0.4 is 20.2 Å². The highest BCUT2D eigenvalue weighted by Crippen LogP contribution is 2.34. The van der Waals surface area contributed by atoms with Gasteiger partial charge in [-0.1, -0.05) is 23.2 Å². The Labute approximate surface area is 209 Å². The predicted octanol–water partition coefficient (Wildman–Crippen LogP) is 4.95. The molecule has 0 bridgehead atoms. The number of amides is 1. The SMILES string of the molecule is O=C(Cn1cc(C(=O)c2ccc(Cl)cc2)c(=O)c2cc3c(cc21)OCCO3)Nc1ccc(Cl)cc1. The van der Waals surface area contributed by atoms with E-state index in [1.165, 1.54) is 6.20 Å². The molecule has 0 spiro atoms. The number of benzene rings is 3. The summed E-state index contributed by atoms with van der Waals surface area (Å²) in [5.41, 5.74) is 0.775. The summed E-state index contributed by atoms with van der Waals surface area (Å²) in [5, 5.41) is 4.06. The van der Waals surface area contributed by atoms with Crippen LogP contribution in [-0.4, -0.2) is 29.5 Å². The highest BCUT2D eigenvalue weighted by molar-refractivity contribution is 6.31. The van der Waals surface area contributed by atoms with E-state index in [0.29, 0.717) is 51.5 Å². The first-order chi connectivity index (χ1) is 16.9. The number of rotatable bonds is 5. The standard InChI is InChI=1S/C26H18Cl2N2O5/c27-16-3-1-15(2-4-16)25(32)20-13-30(14-24(31)29-18-7-5-17(28)6-8-18)21-12-23-22(34-9-10-35-23)11-19(21)26(20)33/h1-8,11-13H,9-10,14H2,(H,29,31). The molecule has 1 amide bonds. The molecule has 176 valence electrons. The summed E-state index contributed by atoms with van der Waals surface area (Å²) < 4.78 is 12.9. The third-order valence-electron chi connectivity index (χ3n) is 5.54. The number of carbonyl (C=O) groups excluding carboxylic acids is 2. The van der Waals surface area contributed by atoms with E-state index >= 15 is 0 Å². The van der Waals surface area contributed by atoms with Gasteiger partial charge in [-0.2, -0.15) is 0 Å². The number of halogens is 2. The Morgan fingerprint density at radius 3 is 2.14 bits per heavy atom. The van der Waals surface area contributed by atoms with Crippen molar-refractivity contribution in [3.05, 3.63) is 98.3 Å². The molecule has 1 aromatic heterocycles. The van der Waals surface area contributed by atoms with Crippen molar-refractivity contribution in [2.24, 2.45) is 0 Å². The van der Waals surface area contributed by atoms with Crippen LogP contribution in [0.4, 0.5) is 5.69 Å². The average Bonchev–Trinajstić information content (AvgIpc) is 2.86.